The number of fused-ring (bicyclic) bond motifs is 1. The molecule has 3 heterocycles. The molecule has 1 aliphatic rings. The molecule has 4 rings (SSSR count). The van der Waals surface area contributed by atoms with Crippen LogP contribution < -0.4 is 4.74 Å². The first-order valence-electron chi connectivity index (χ1n) is 11.9. The fourth-order valence-electron chi connectivity index (χ4n) is 4.50. The molecule has 2 aromatic heterocycles. The number of aryl methyl sites for hydroxylation is 3. The molecule has 0 amide bonds. The van der Waals surface area contributed by atoms with E-state index in [9.17, 15) is 0 Å². The summed E-state index contributed by atoms with van der Waals surface area (Å²) in [6.45, 7) is 13.7. The van der Waals surface area contributed by atoms with Gasteiger partial charge >= 0.3 is 0 Å². The number of methoxy groups -OCH3 is 1. The zero-order chi connectivity index (χ0) is 22.7. The average Bonchev–Trinajstić information content (AvgIpc) is 3.32. The van der Waals surface area contributed by atoms with Gasteiger partial charge in [-0.3, -0.25) is 9.58 Å². The minimum atomic E-state index is 0.686. The lowest BCUT2D eigenvalue weighted by atomic mass is 10.1. The molecular formula is C26H37N5O. The van der Waals surface area contributed by atoms with Crippen LogP contribution >= 0.6 is 0 Å². The van der Waals surface area contributed by atoms with Crippen molar-refractivity contribution >= 4 is 0 Å². The predicted molar refractivity (Wildman–Crippen MR) is 128 cm³/mol. The van der Waals surface area contributed by atoms with E-state index in [0.717, 1.165) is 57.0 Å². The molecule has 3 aromatic rings. The molecule has 6 nitrogen and oxygen atoms in total. The molecular weight excluding hydrogens is 398 g/mol. The van der Waals surface area contributed by atoms with Crippen molar-refractivity contribution in [2.45, 2.75) is 73.1 Å². The number of aromatic nitrogens is 4. The number of rotatable bonds is 9. The standard InChI is InChI=1S/C26H37N5O/c1-6-30-17-22(20(4)28-30)16-29-13-14-31-25(18-29)24(27-26(31)12-7-19(2)3)15-21-8-10-23(32-5)11-9-21/h8-11,17,19H,6-7,12-16,18H2,1-5H3. The van der Waals surface area contributed by atoms with Gasteiger partial charge in [0.2, 0.25) is 0 Å². The molecule has 0 bridgehead atoms. The lowest BCUT2D eigenvalue weighted by molar-refractivity contribution is 0.209. The van der Waals surface area contributed by atoms with Crippen molar-refractivity contribution < 1.29 is 4.74 Å². The van der Waals surface area contributed by atoms with Crippen molar-refractivity contribution in [2.24, 2.45) is 5.92 Å². The molecule has 0 spiro atoms. The van der Waals surface area contributed by atoms with Gasteiger partial charge in [0.1, 0.15) is 11.6 Å². The molecule has 32 heavy (non-hydrogen) atoms. The second-order valence-electron chi connectivity index (χ2n) is 9.34. The van der Waals surface area contributed by atoms with E-state index in [1.807, 2.05) is 16.8 Å². The van der Waals surface area contributed by atoms with Crippen LogP contribution in [0.5, 0.6) is 5.75 Å². The molecule has 0 saturated carbocycles. The Hall–Kier alpha value is -2.60. The molecule has 0 aliphatic carbocycles. The Labute approximate surface area is 192 Å². The minimum Gasteiger partial charge on any atom is -0.497 e. The van der Waals surface area contributed by atoms with Gasteiger partial charge in [0, 0.05) is 57.3 Å². The van der Waals surface area contributed by atoms with Crippen LogP contribution in [0.15, 0.2) is 30.5 Å². The van der Waals surface area contributed by atoms with Gasteiger partial charge in [-0.15, -0.1) is 0 Å². The Bertz CT molecular complexity index is 1030. The summed E-state index contributed by atoms with van der Waals surface area (Å²) < 4.78 is 9.86. The molecule has 0 atom stereocenters. The van der Waals surface area contributed by atoms with Gasteiger partial charge in [-0.25, -0.2) is 4.98 Å². The normalized spacial score (nSPS) is 14.2. The monoisotopic (exact) mass is 435 g/mol. The Kier molecular flexibility index (Phi) is 6.99. The van der Waals surface area contributed by atoms with Gasteiger partial charge in [-0.1, -0.05) is 26.0 Å². The summed E-state index contributed by atoms with van der Waals surface area (Å²) in [6.07, 6.45) is 5.29. The van der Waals surface area contributed by atoms with Crippen LogP contribution in [0.25, 0.3) is 0 Å². The van der Waals surface area contributed by atoms with Crippen LogP contribution in [0.3, 0.4) is 0 Å². The second-order valence-corrected chi connectivity index (χ2v) is 9.34. The fourth-order valence-corrected chi connectivity index (χ4v) is 4.50. The third-order valence-electron chi connectivity index (χ3n) is 6.49. The van der Waals surface area contributed by atoms with Gasteiger partial charge in [0.15, 0.2) is 0 Å². The number of hydrogen-bond donors (Lipinski definition) is 0. The van der Waals surface area contributed by atoms with E-state index in [4.69, 9.17) is 9.72 Å². The van der Waals surface area contributed by atoms with E-state index in [-0.39, 0.29) is 0 Å². The van der Waals surface area contributed by atoms with Crippen molar-refractivity contribution in [1.29, 1.82) is 0 Å². The smallest absolute Gasteiger partial charge is 0.118 e. The van der Waals surface area contributed by atoms with Gasteiger partial charge in [-0.2, -0.15) is 5.10 Å². The van der Waals surface area contributed by atoms with Crippen molar-refractivity contribution in [2.75, 3.05) is 13.7 Å². The minimum absolute atomic E-state index is 0.686. The number of hydrogen-bond acceptors (Lipinski definition) is 4. The summed E-state index contributed by atoms with van der Waals surface area (Å²) in [5.74, 6) is 2.84. The van der Waals surface area contributed by atoms with Crippen molar-refractivity contribution in [1.82, 2.24) is 24.2 Å². The summed E-state index contributed by atoms with van der Waals surface area (Å²) in [5.41, 5.74) is 6.35. The molecule has 0 N–H and O–H groups in total. The highest BCUT2D eigenvalue weighted by Crippen LogP contribution is 2.25. The van der Waals surface area contributed by atoms with Crippen molar-refractivity contribution in [3.05, 3.63) is 64.5 Å². The second kappa shape index (κ2) is 9.90. The quantitative estimate of drug-likeness (QED) is 0.492. The number of ether oxygens (including phenoxy) is 1. The first-order chi connectivity index (χ1) is 15.5. The van der Waals surface area contributed by atoms with E-state index in [1.165, 1.54) is 34.8 Å². The van der Waals surface area contributed by atoms with Crippen LogP contribution in [0, 0.1) is 12.8 Å². The zero-order valence-electron chi connectivity index (χ0n) is 20.3. The summed E-state index contributed by atoms with van der Waals surface area (Å²) in [7, 11) is 1.71. The molecule has 0 radical (unpaired) electrons. The SMILES string of the molecule is CCn1cc(CN2CCn3c(CCC(C)C)nc(Cc4ccc(OC)cc4)c3C2)c(C)n1. The zero-order valence-corrected chi connectivity index (χ0v) is 20.3. The van der Waals surface area contributed by atoms with Crippen LogP contribution in [-0.2, 0) is 39.0 Å². The van der Waals surface area contributed by atoms with Gasteiger partial charge in [-0.05, 0) is 43.9 Å². The van der Waals surface area contributed by atoms with Crippen LogP contribution in [-0.4, -0.2) is 37.9 Å². The van der Waals surface area contributed by atoms with E-state index in [0.29, 0.717) is 5.92 Å². The molecule has 1 aliphatic heterocycles. The first kappa shape index (κ1) is 22.6. The van der Waals surface area contributed by atoms with Crippen molar-refractivity contribution in [3.63, 3.8) is 0 Å². The molecule has 0 fully saturated rings. The number of imidazole rings is 1. The summed E-state index contributed by atoms with van der Waals surface area (Å²) >= 11 is 0. The lowest BCUT2D eigenvalue weighted by Crippen LogP contribution is -2.34. The largest absolute Gasteiger partial charge is 0.497 e. The predicted octanol–water partition coefficient (Wildman–Crippen LogP) is 4.61. The Morgan fingerprint density at radius 1 is 1.12 bits per heavy atom. The molecule has 0 saturated heterocycles. The highest BCUT2D eigenvalue weighted by atomic mass is 16.5. The number of benzene rings is 1. The van der Waals surface area contributed by atoms with Crippen molar-refractivity contribution in [3.8, 4) is 5.75 Å². The van der Waals surface area contributed by atoms with Crippen LogP contribution in [0.1, 0.15) is 61.2 Å². The maximum Gasteiger partial charge on any atom is 0.118 e. The Balaban J connectivity index is 1.57. The first-order valence-corrected chi connectivity index (χ1v) is 11.9. The van der Waals surface area contributed by atoms with Gasteiger partial charge in [0.25, 0.3) is 0 Å². The molecule has 6 heteroatoms. The third kappa shape index (κ3) is 5.07. The maximum atomic E-state index is 5.33. The Morgan fingerprint density at radius 2 is 1.91 bits per heavy atom. The highest BCUT2D eigenvalue weighted by Gasteiger charge is 2.25. The van der Waals surface area contributed by atoms with E-state index in [1.54, 1.807) is 7.11 Å². The average molecular weight is 436 g/mol. The Morgan fingerprint density at radius 3 is 2.56 bits per heavy atom. The summed E-state index contributed by atoms with van der Waals surface area (Å²) in [5, 5.41) is 4.63. The molecule has 172 valence electrons. The van der Waals surface area contributed by atoms with Gasteiger partial charge < -0.3 is 9.30 Å². The molecule has 0 unspecified atom stereocenters. The van der Waals surface area contributed by atoms with Crippen LogP contribution in [0.4, 0.5) is 0 Å². The van der Waals surface area contributed by atoms with E-state index < -0.39 is 0 Å². The fraction of sp³-hybridized carbons (Fsp3) is 0.538. The van der Waals surface area contributed by atoms with E-state index in [2.05, 4.69) is 60.6 Å². The lowest BCUT2D eigenvalue weighted by Gasteiger charge is -2.29. The van der Waals surface area contributed by atoms with E-state index >= 15 is 0 Å². The maximum absolute atomic E-state index is 5.33. The summed E-state index contributed by atoms with van der Waals surface area (Å²) in [4.78, 5) is 7.71. The topological polar surface area (TPSA) is 48.1 Å². The van der Waals surface area contributed by atoms with Crippen LogP contribution in [0.2, 0.25) is 0 Å². The highest BCUT2D eigenvalue weighted by molar-refractivity contribution is 5.32. The van der Waals surface area contributed by atoms with Gasteiger partial charge in [0.05, 0.1) is 24.2 Å². The molecule has 1 aromatic carbocycles. The third-order valence-corrected chi connectivity index (χ3v) is 6.49. The number of nitrogens with zero attached hydrogens (tertiary/aromatic N) is 5. The summed E-state index contributed by atoms with van der Waals surface area (Å²) in [6, 6.07) is 8.39.